The molecule has 0 amide bonds. The van der Waals surface area contributed by atoms with Crippen LogP contribution in [-0.4, -0.2) is 30.9 Å². The fourth-order valence-electron chi connectivity index (χ4n) is 2.30. The highest BCUT2D eigenvalue weighted by atomic mass is 32.2. The van der Waals surface area contributed by atoms with E-state index in [1.165, 1.54) is 34.6 Å². The van der Waals surface area contributed by atoms with Gasteiger partial charge in [0.15, 0.2) is 5.16 Å². The van der Waals surface area contributed by atoms with Gasteiger partial charge < -0.3 is 5.32 Å². The van der Waals surface area contributed by atoms with Crippen LogP contribution in [-0.2, 0) is 0 Å². The lowest BCUT2D eigenvalue weighted by molar-refractivity contribution is -0.384. The van der Waals surface area contributed by atoms with Gasteiger partial charge in [-0.05, 0) is 18.4 Å². The van der Waals surface area contributed by atoms with E-state index in [0.717, 1.165) is 0 Å². The zero-order valence-electron chi connectivity index (χ0n) is 13.4. The van der Waals surface area contributed by atoms with Crippen molar-refractivity contribution in [1.82, 2.24) is 14.8 Å². The van der Waals surface area contributed by atoms with Gasteiger partial charge in [0, 0.05) is 12.1 Å². The highest BCUT2D eigenvalue weighted by Gasteiger charge is 2.21. The molecular formula is C15H12N6O4S. The zero-order chi connectivity index (χ0) is 18.7. The molecule has 0 fully saturated rings. The van der Waals surface area contributed by atoms with E-state index in [-0.39, 0.29) is 28.7 Å². The number of benzene rings is 2. The predicted octanol–water partition coefficient (Wildman–Crippen LogP) is 3.55. The number of nitrogens with one attached hydrogen (secondary N) is 1. The maximum Gasteiger partial charge on any atom is 0.294 e. The van der Waals surface area contributed by atoms with Crippen molar-refractivity contribution >= 4 is 34.8 Å². The molecule has 0 bridgehead atoms. The van der Waals surface area contributed by atoms with Crippen molar-refractivity contribution < 1.29 is 9.85 Å². The van der Waals surface area contributed by atoms with Crippen molar-refractivity contribution in [2.45, 2.75) is 5.16 Å². The zero-order valence-corrected chi connectivity index (χ0v) is 14.2. The lowest BCUT2D eigenvalue weighted by Gasteiger charge is -2.04. The Morgan fingerprint density at radius 3 is 2.27 bits per heavy atom. The van der Waals surface area contributed by atoms with Crippen LogP contribution in [0.25, 0.3) is 5.69 Å². The first kappa shape index (κ1) is 17.4. The molecule has 2 aromatic carbocycles. The first-order chi connectivity index (χ1) is 12.5. The number of nitrogens with zero attached hydrogens (tertiary/aromatic N) is 5. The summed E-state index contributed by atoms with van der Waals surface area (Å²) in [6, 6.07) is 12.2. The molecule has 0 saturated heterocycles. The van der Waals surface area contributed by atoms with Crippen LogP contribution < -0.4 is 5.32 Å². The monoisotopic (exact) mass is 372 g/mol. The number of thioether (sulfide) groups is 1. The molecule has 1 N–H and O–H groups in total. The minimum atomic E-state index is -0.517. The fraction of sp³-hybridized carbons (Fsp3) is 0.0667. The van der Waals surface area contributed by atoms with E-state index in [1.54, 1.807) is 36.6 Å². The molecule has 0 radical (unpaired) electrons. The average molecular weight is 372 g/mol. The Hall–Kier alpha value is -3.47. The van der Waals surface area contributed by atoms with E-state index < -0.39 is 9.85 Å². The molecular weight excluding hydrogens is 360 g/mol. The normalized spacial score (nSPS) is 10.5. The number of nitro groups is 2. The Bertz CT molecular complexity index is 990. The molecule has 132 valence electrons. The van der Waals surface area contributed by atoms with Crippen LogP contribution in [0.3, 0.4) is 0 Å². The van der Waals surface area contributed by atoms with Gasteiger partial charge >= 0.3 is 0 Å². The summed E-state index contributed by atoms with van der Waals surface area (Å²) in [5, 5.41) is 29.8. The molecule has 3 aromatic rings. The standard InChI is InChI=1S/C15H12N6O4S/c1-26-15-17-14(16-10-6-2-3-7-11(10)20(22)23)18-19(15)12-8-4-5-9-13(12)21(24)25/h2-9H,1H3,(H,16,18). The largest absolute Gasteiger partial charge is 0.317 e. The average Bonchev–Trinajstić information content (AvgIpc) is 3.04. The molecule has 0 saturated carbocycles. The van der Waals surface area contributed by atoms with Crippen molar-refractivity contribution in [2.24, 2.45) is 0 Å². The molecule has 1 heterocycles. The maximum atomic E-state index is 11.3. The summed E-state index contributed by atoms with van der Waals surface area (Å²) in [5.74, 6) is 0.0989. The quantitative estimate of drug-likeness (QED) is 0.395. The first-order valence-electron chi connectivity index (χ1n) is 7.26. The third-order valence-electron chi connectivity index (χ3n) is 3.41. The Kier molecular flexibility index (Phi) is 4.80. The van der Waals surface area contributed by atoms with E-state index in [1.807, 2.05) is 0 Å². The van der Waals surface area contributed by atoms with Crippen molar-refractivity contribution in [1.29, 1.82) is 0 Å². The summed E-state index contributed by atoms with van der Waals surface area (Å²) < 4.78 is 1.33. The van der Waals surface area contributed by atoms with Gasteiger partial charge in [0.2, 0.25) is 5.95 Å². The summed E-state index contributed by atoms with van der Waals surface area (Å²) in [4.78, 5) is 25.6. The molecule has 1 aromatic heterocycles. The summed E-state index contributed by atoms with van der Waals surface area (Å²) in [7, 11) is 0. The number of aromatic nitrogens is 3. The molecule has 0 atom stereocenters. The van der Waals surface area contributed by atoms with Crippen LogP contribution >= 0.6 is 11.8 Å². The van der Waals surface area contributed by atoms with Crippen LogP contribution in [0.1, 0.15) is 0 Å². The lowest BCUT2D eigenvalue weighted by atomic mass is 10.3. The second-order valence-electron chi connectivity index (χ2n) is 4.98. The van der Waals surface area contributed by atoms with Gasteiger partial charge in [0.25, 0.3) is 11.4 Å². The van der Waals surface area contributed by atoms with Gasteiger partial charge in [-0.15, -0.1) is 5.10 Å². The topological polar surface area (TPSA) is 129 Å². The Morgan fingerprint density at radius 1 is 1.00 bits per heavy atom. The van der Waals surface area contributed by atoms with E-state index in [0.29, 0.717) is 5.16 Å². The van der Waals surface area contributed by atoms with Crippen LogP contribution in [0.4, 0.5) is 23.0 Å². The molecule has 11 heteroatoms. The predicted molar refractivity (Wildman–Crippen MR) is 96.2 cm³/mol. The van der Waals surface area contributed by atoms with E-state index >= 15 is 0 Å². The van der Waals surface area contributed by atoms with E-state index in [2.05, 4.69) is 15.4 Å². The highest BCUT2D eigenvalue weighted by Crippen LogP contribution is 2.29. The molecule has 0 aliphatic carbocycles. The van der Waals surface area contributed by atoms with Gasteiger partial charge in [-0.25, -0.2) is 0 Å². The van der Waals surface area contributed by atoms with E-state index in [9.17, 15) is 20.2 Å². The number of anilines is 2. The lowest BCUT2D eigenvalue weighted by Crippen LogP contribution is -2.03. The summed E-state index contributed by atoms with van der Waals surface area (Å²) in [5.41, 5.74) is 0.236. The number of para-hydroxylation sites is 4. The number of hydrogen-bond acceptors (Lipinski definition) is 8. The molecule has 10 nitrogen and oxygen atoms in total. The number of rotatable bonds is 6. The smallest absolute Gasteiger partial charge is 0.294 e. The van der Waals surface area contributed by atoms with Crippen LogP contribution in [0, 0.1) is 20.2 Å². The van der Waals surface area contributed by atoms with Crippen molar-refractivity contribution in [3.8, 4) is 5.69 Å². The van der Waals surface area contributed by atoms with Gasteiger partial charge in [0.1, 0.15) is 11.4 Å². The van der Waals surface area contributed by atoms with Crippen molar-refractivity contribution in [2.75, 3.05) is 11.6 Å². The van der Waals surface area contributed by atoms with Gasteiger partial charge in [-0.3, -0.25) is 20.2 Å². The SMILES string of the molecule is CSc1nc(Nc2ccccc2[N+](=O)[O-])nn1-c1ccccc1[N+](=O)[O-]. The fourth-order valence-corrected chi connectivity index (χ4v) is 2.79. The van der Waals surface area contributed by atoms with Crippen molar-refractivity contribution in [3.63, 3.8) is 0 Å². The maximum absolute atomic E-state index is 11.3. The third kappa shape index (κ3) is 3.32. The minimum Gasteiger partial charge on any atom is -0.317 e. The highest BCUT2D eigenvalue weighted by molar-refractivity contribution is 7.98. The second kappa shape index (κ2) is 7.19. The van der Waals surface area contributed by atoms with Crippen LogP contribution in [0.5, 0.6) is 0 Å². The Labute approximate surface area is 151 Å². The molecule has 26 heavy (non-hydrogen) atoms. The first-order valence-corrected chi connectivity index (χ1v) is 8.49. The molecule has 0 unspecified atom stereocenters. The summed E-state index contributed by atoms with van der Waals surface area (Å²) in [6.07, 6.45) is 1.75. The number of hydrogen-bond donors (Lipinski definition) is 1. The summed E-state index contributed by atoms with van der Waals surface area (Å²) in [6.45, 7) is 0. The number of nitro benzene ring substituents is 2. The third-order valence-corrected chi connectivity index (χ3v) is 4.04. The van der Waals surface area contributed by atoms with Gasteiger partial charge in [0.05, 0.1) is 9.85 Å². The van der Waals surface area contributed by atoms with Crippen LogP contribution in [0.2, 0.25) is 0 Å². The molecule has 0 spiro atoms. The van der Waals surface area contributed by atoms with Gasteiger partial charge in [-0.1, -0.05) is 36.0 Å². The molecule has 3 rings (SSSR count). The van der Waals surface area contributed by atoms with Crippen LogP contribution in [0.15, 0.2) is 53.7 Å². The second-order valence-corrected chi connectivity index (χ2v) is 5.75. The summed E-state index contributed by atoms with van der Waals surface area (Å²) >= 11 is 1.25. The Morgan fingerprint density at radius 2 is 1.62 bits per heavy atom. The van der Waals surface area contributed by atoms with E-state index in [4.69, 9.17) is 0 Å². The molecule has 0 aliphatic heterocycles. The van der Waals surface area contributed by atoms with Crippen molar-refractivity contribution in [3.05, 3.63) is 68.8 Å². The minimum absolute atomic E-state index is 0.0989. The Balaban J connectivity index is 2.04. The van der Waals surface area contributed by atoms with Gasteiger partial charge in [-0.2, -0.15) is 9.67 Å². The molecule has 0 aliphatic rings.